The third-order valence-corrected chi connectivity index (χ3v) is 16.0. The van der Waals surface area contributed by atoms with Crippen molar-refractivity contribution in [1.82, 2.24) is 0 Å². The maximum Gasteiger partial charge on any atom is 0.331 e. The van der Waals surface area contributed by atoms with E-state index in [9.17, 15) is 35.4 Å². The van der Waals surface area contributed by atoms with Gasteiger partial charge in [-0.05, 0) is 107 Å². The van der Waals surface area contributed by atoms with Gasteiger partial charge in [0.15, 0.2) is 18.9 Å². The van der Waals surface area contributed by atoms with Crippen LogP contribution in [-0.2, 0) is 38.0 Å². The molecule has 0 aromatic heterocycles. The number of fused-ring (bicyclic) bond motifs is 5. The molecule has 14 nitrogen and oxygen atoms in total. The highest BCUT2D eigenvalue weighted by Gasteiger charge is 2.71. The topological polar surface area (TPSA) is 203 Å². The van der Waals surface area contributed by atoms with Gasteiger partial charge in [-0.1, -0.05) is 13.8 Å². The van der Waals surface area contributed by atoms with Crippen molar-refractivity contribution in [2.45, 2.75) is 197 Å². The van der Waals surface area contributed by atoms with Gasteiger partial charge >= 0.3 is 5.97 Å². The zero-order valence-electron chi connectivity index (χ0n) is 32.9. The fourth-order valence-corrected chi connectivity index (χ4v) is 12.8. The molecule has 4 saturated carbocycles. The van der Waals surface area contributed by atoms with Gasteiger partial charge in [0.05, 0.1) is 54.4 Å². The van der Waals surface area contributed by atoms with E-state index in [1.165, 1.54) is 0 Å². The second-order valence-corrected chi connectivity index (χ2v) is 18.8. The summed E-state index contributed by atoms with van der Waals surface area (Å²) in [6.45, 7) is 9.90. The average molecular weight is 781 g/mol. The van der Waals surface area contributed by atoms with E-state index >= 15 is 0 Å². The maximum absolute atomic E-state index is 12.6. The molecule has 55 heavy (non-hydrogen) atoms. The van der Waals surface area contributed by atoms with Crippen LogP contribution in [0, 0.1) is 34.5 Å². The first kappa shape index (κ1) is 40.5. The molecule has 0 amide bonds. The van der Waals surface area contributed by atoms with E-state index in [0.717, 1.165) is 44.1 Å². The highest BCUT2D eigenvalue weighted by atomic mass is 16.7. The monoisotopic (exact) mass is 780 g/mol. The number of carbonyl (C=O) groups excluding carboxylic acids is 1. The quantitative estimate of drug-likeness (QED) is 0.162. The molecule has 21 atom stereocenters. The Hall–Kier alpha value is -1.27. The van der Waals surface area contributed by atoms with Gasteiger partial charge in [0.1, 0.15) is 24.9 Å². The first-order valence-corrected chi connectivity index (χ1v) is 20.9. The van der Waals surface area contributed by atoms with Crippen molar-refractivity contribution in [1.29, 1.82) is 0 Å². The predicted molar refractivity (Wildman–Crippen MR) is 193 cm³/mol. The van der Waals surface area contributed by atoms with E-state index in [4.69, 9.17) is 33.2 Å². The fourth-order valence-electron chi connectivity index (χ4n) is 12.8. The molecule has 7 fully saturated rings. The van der Waals surface area contributed by atoms with Crippen LogP contribution in [0.1, 0.15) is 105 Å². The minimum absolute atomic E-state index is 0.0452. The van der Waals surface area contributed by atoms with Crippen molar-refractivity contribution in [2.24, 2.45) is 34.5 Å². The molecule has 312 valence electrons. The first-order chi connectivity index (χ1) is 26.0. The second kappa shape index (κ2) is 15.1. The second-order valence-electron chi connectivity index (χ2n) is 18.8. The Morgan fingerprint density at radius 1 is 0.691 bits per heavy atom. The molecule has 0 unspecified atom stereocenters. The van der Waals surface area contributed by atoms with Gasteiger partial charge in [-0.15, -0.1) is 0 Å². The van der Waals surface area contributed by atoms with Crippen molar-refractivity contribution in [3.8, 4) is 0 Å². The van der Waals surface area contributed by atoms with Crippen LogP contribution in [0.5, 0.6) is 0 Å². The van der Waals surface area contributed by atoms with Gasteiger partial charge in [-0.2, -0.15) is 0 Å². The SMILES string of the molecule is C[C@H]1O[C@@H](O[C@@H]2[C@@H](O)C[C@H](O[C@H]3[C@@H](O)C[C@H](O[C@H]4CC[C@@]5(C)[C@H](CC[C@@H]6[C@@H]5C[C@@H](O)[C@]5(C)[C@@H](C7=CC(=O)OC7)CC[C@]65O)C4)O[C@@H]3C)O[C@@H]2C)C[C@H](O)[C@@H]1O. The lowest BCUT2D eigenvalue weighted by Gasteiger charge is -2.65. The summed E-state index contributed by atoms with van der Waals surface area (Å²) in [5, 5.41) is 66.9. The van der Waals surface area contributed by atoms with Crippen LogP contribution in [0.15, 0.2) is 11.6 Å². The molecule has 6 N–H and O–H groups in total. The fraction of sp³-hybridized carbons (Fsp3) is 0.927. The molecule has 4 aliphatic carbocycles. The standard InChI is InChI=1S/C41H64O14/c1-19-36(47)28(42)15-34(50-19)54-38-21(3)52-35(17-30(38)44)55-37-20(2)51-33(16-29(37)43)53-24-8-10-39(4)23(13-24)6-7-26-27(39)14-31(45)40(5)25(9-11-41(26,40)48)22-12-32(46)49-18-22/h12,19-21,23-31,33-38,42-45,47-48H,6-11,13-18H2,1-5H3/t19-,20-,21-,23-,24+,25-,26-,27+,28+,29+,30+,31-,33+,34+,35+,36-,37-,38+,39+,40+,41+/m1/s1. The molecule has 4 aliphatic heterocycles. The highest BCUT2D eigenvalue weighted by Crippen LogP contribution is 2.70. The summed E-state index contributed by atoms with van der Waals surface area (Å²) < 4.78 is 42.1. The lowest BCUT2D eigenvalue weighted by atomic mass is 9.42. The number of carbonyl (C=O) groups is 1. The highest BCUT2D eigenvalue weighted by molar-refractivity contribution is 5.85. The van der Waals surface area contributed by atoms with Crippen molar-refractivity contribution in [2.75, 3.05) is 6.61 Å². The number of aliphatic hydroxyl groups is 6. The molecular formula is C41H64O14. The Balaban J connectivity index is 0.837. The van der Waals surface area contributed by atoms with Crippen molar-refractivity contribution in [3.05, 3.63) is 11.6 Å². The molecule has 0 aromatic rings. The molecule has 0 bridgehead atoms. The third kappa shape index (κ3) is 6.95. The molecule has 4 heterocycles. The Labute approximate surface area is 323 Å². The van der Waals surface area contributed by atoms with E-state index in [1.807, 2.05) is 13.8 Å². The first-order valence-electron chi connectivity index (χ1n) is 20.9. The Morgan fingerprint density at radius 2 is 1.29 bits per heavy atom. The summed E-state index contributed by atoms with van der Waals surface area (Å²) >= 11 is 0. The van der Waals surface area contributed by atoms with Crippen LogP contribution < -0.4 is 0 Å². The minimum Gasteiger partial charge on any atom is -0.458 e. The Morgan fingerprint density at radius 3 is 1.87 bits per heavy atom. The van der Waals surface area contributed by atoms with E-state index in [1.54, 1.807) is 19.9 Å². The molecule has 0 spiro atoms. The van der Waals surface area contributed by atoms with Gasteiger partial charge in [0.2, 0.25) is 0 Å². The molecule has 0 radical (unpaired) electrons. The summed E-state index contributed by atoms with van der Waals surface area (Å²) in [6, 6.07) is 0. The van der Waals surface area contributed by atoms with Crippen LogP contribution in [0.2, 0.25) is 0 Å². The maximum atomic E-state index is 12.6. The summed E-state index contributed by atoms with van der Waals surface area (Å²) in [5.41, 5.74) is -0.892. The van der Waals surface area contributed by atoms with Gasteiger partial charge < -0.3 is 63.8 Å². The summed E-state index contributed by atoms with van der Waals surface area (Å²) in [4.78, 5) is 11.9. The van der Waals surface area contributed by atoms with Gasteiger partial charge in [-0.25, -0.2) is 4.79 Å². The van der Waals surface area contributed by atoms with Crippen LogP contribution in [-0.4, -0.2) is 135 Å². The molecule has 3 saturated heterocycles. The summed E-state index contributed by atoms with van der Waals surface area (Å²) in [7, 11) is 0. The number of aliphatic hydroxyl groups excluding tert-OH is 5. The third-order valence-electron chi connectivity index (χ3n) is 16.0. The number of ether oxygens (including phenoxy) is 7. The van der Waals surface area contributed by atoms with Gasteiger partial charge in [0.25, 0.3) is 0 Å². The summed E-state index contributed by atoms with van der Waals surface area (Å²) in [6.07, 6.45) is -1.51. The Kier molecular flexibility index (Phi) is 11.1. The molecule has 8 aliphatic rings. The van der Waals surface area contributed by atoms with Crippen molar-refractivity contribution in [3.63, 3.8) is 0 Å². The summed E-state index contributed by atoms with van der Waals surface area (Å²) in [5.74, 6) is 0.204. The van der Waals surface area contributed by atoms with E-state index in [-0.39, 0.29) is 61.1 Å². The van der Waals surface area contributed by atoms with E-state index in [0.29, 0.717) is 18.8 Å². The van der Waals surface area contributed by atoms with Crippen LogP contribution in [0.25, 0.3) is 0 Å². The number of hydrogen-bond acceptors (Lipinski definition) is 14. The van der Waals surface area contributed by atoms with Crippen molar-refractivity contribution < 1.29 is 68.6 Å². The molecule has 0 aromatic carbocycles. The largest absolute Gasteiger partial charge is 0.458 e. The van der Waals surface area contributed by atoms with Crippen LogP contribution in [0.3, 0.4) is 0 Å². The minimum atomic E-state index is -1.01. The number of hydrogen-bond donors (Lipinski definition) is 6. The predicted octanol–water partition coefficient (Wildman–Crippen LogP) is 2.22. The van der Waals surface area contributed by atoms with Crippen LogP contribution >= 0.6 is 0 Å². The smallest absolute Gasteiger partial charge is 0.331 e. The van der Waals surface area contributed by atoms with E-state index in [2.05, 4.69) is 6.92 Å². The normalized spacial score (nSPS) is 55.5. The average Bonchev–Trinajstić information content (AvgIpc) is 3.67. The van der Waals surface area contributed by atoms with Gasteiger partial charge in [-0.3, -0.25) is 0 Å². The zero-order chi connectivity index (χ0) is 39.2. The zero-order valence-corrected chi connectivity index (χ0v) is 32.9. The molecule has 14 heteroatoms. The number of esters is 1. The van der Waals surface area contributed by atoms with Crippen molar-refractivity contribution >= 4 is 5.97 Å². The number of rotatable bonds is 7. The van der Waals surface area contributed by atoms with E-state index < -0.39 is 90.9 Å². The van der Waals surface area contributed by atoms with Gasteiger partial charge in [0, 0.05) is 30.8 Å². The van der Waals surface area contributed by atoms with Crippen LogP contribution in [0.4, 0.5) is 0 Å². The lowest BCUT2D eigenvalue weighted by Crippen LogP contribution is -2.67. The molecule has 8 rings (SSSR count). The number of cyclic esters (lactones) is 1. The Bertz CT molecular complexity index is 1410. The molecular weight excluding hydrogens is 716 g/mol. The lowest BCUT2D eigenvalue weighted by molar-refractivity contribution is -0.336.